The van der Waals surface area contributed by atoms with E-state index in [9.17, 15) is 9.59 Å². The predicted molar refractivity (Wildman–Crippen MR) is 78.3 cm³/mol. The van der Waals surface area contributed by atoms with Crippen LogP contribution in [0.1, 0.15) is 35.7 Å². The summed E-state index contributed by atoms with van der Waals surface area (Å²) in [5.41, 5.74) is 1.82. The summed E-state index contributed by atoms with van der Waals surface area (Å²) in [6.45, 7) is 2.94. The number of hydrogen-bond donors (Lipinski definition) is 1. The molecule has 1 saturated heterocycles. The fourth-order valence-electron chi connectivity index (χ4n) is 2.36. The van der Waals surface area contributed by atoms with Gasteiger partial charge in [-0.1, -0.05) is 25.5 Å². The minimum atomic E-state index is -1.03. The number of ether oxygens (including phenoxy) is 1. The standard InChI is InChI=1S/C16H21NO4/c1-2-3-4-12-5-7-13(8-6-12)15(18)17-9-10-21-14(11-17)16(19)20/h5-8,14H,2-4,9-11H2,1H3,(H,19,20). The van der Waals surface area contributed by atoms with Gasteiger partial charge >= 0.3 is 5.97 Å². The maximum Gasteiger partial charge on any atom is 0.334 e. The van der Waals surface area contributed by atoms with Crippen molar-refractivity contribution in [3.63, 3.8) is 0 Å². The number of carboxylic acids is 1. The van der Waals surface area contributed by atoms with E-state index in [-0.39, 0.29) is 19.1 Å². The number of aliphatic carboxylic acids is 1. The molecule has 1 aliphatic heterocycles. The second-order valence-electron chi connectivity index (χ2n) is 5.25. The van der Waals surface area contributed by atoms with E-state index in [2.05, 4.69) is 6.92 Å². The third-order valence-electron chi connectivity index (χ3n) is 3.65. The van der Waals surface area contributed by atoms with Crippen LogP contribution < -0.4 is 0 Å². The average Bonchev–Trinajstić information content (AvgIpc) is 2.53. The molecule has 1 heterocycles. The molecule has 21 heavy (non-hydrogen) atoms. The summed E-state index contributed by atoms with van der Waals surface area (Å²) in [5.74, 6) is -1.16. The number of amides is 1. The largest absolute Gasteiger partial charge is 0.479 e. The SMILES string of the molecule is CCCCc1ccc(C(=O)N2CCOC(C(=O)O)C2)cc1. The zero-order valence-electron chi connectivity index (χ0n) is 12.2. The molecule has 1 atom stereocenters. The Morgan fingerprint density at radius 2 is 2.05 bits per heavy atom. The summed E-state index contributed by atoms with van der Waals surface area (Å²) >= 11 is 0. The summed E-state index contributed by atoms with van der Waals surface area (Å²) in [6.07, 6.45) is 2.37. The van der Waals surface area contributed by atoms with Crippen LogP contribution in [0.25, 0.3) is 0 Å². The highest BCUT2D eigenvalue weighted by Crippen LogP contribution is 2.13. The van der Waals surface area contributed by atoms with Crippen LogP contribution in [0.3, 0.4) is 0 Å². The maximum absolute atomic E-state index is 12.4. The van der Waals surface area contributed by atoms with E-state index in [4.69, 9.17) is 9.84 Å². The van der Waals surface area contributed by atoms with Gasteiger partial charge in [0, 0.05) is 12.1 Å². The van der Waals surface area contributed by atoms with Gasteiger partial charge in [0.25, 0.3) is 5.91 Å². The Bertz CT molecular complexity index is 498. The molecule has 1 aromatic rings. The van der Waals surface area contributed by atoms with Crippen LogP contribution >= 0.6 is 0 Å². The second kappa shape index (κ2) is 7.22. The number of benzene rings is 1. The van der Waals surface area contributed by atoms with Crippen molar-refractivity contribution in [2.24, 2.45) is 0 Å². The molecule has 5 heteroatoms. The van der Waals surface area contributed by atoms with Crippen LogP contribution in [0, 0.1) is 0 Å². The highest BCUT2D eigenvalue weighted by molar-refractivity contribution is 5.94. The molecule has 1 N–H and O–H groups in total. The zero-order valence-corrected chi connectivity index (χ0v) is 12.2. The molecule has 1 aromatic carbocycles. The van der Waals surface area contributed by atoms with Crippen molar-refractivity contribution in [1.82, 2.24) is 4.90 Å². The molecular weight excluding hydrogens is 270 g/mol. The van der Waals surface area contributed by atoms with Crippen molar-refractivity contribution in [2.45, 2.75) is 32.3 Å². The molecule has 1 amide bonds. The number of unbranched alkanes of at least 4 members (excludes halogenated alkanes) is 1. The molecule has 5 nitrogen and oxygen atoms in total. The normalized spacial score (nSPS) is 18.5. The lowest BCUT2D eigenvalue weighted by Gasteiger charge is -2.30. The Hall–Kier alpha value is -1.88. The zero-order chi connectivity index (χ0) is 15.2. The minimum absolute atomic E-state index is 0.103. The highest BCUT2D eigenvalue weighted by atomic mass is 16.5. The smallest absolute Gasteiger partial charge is 0.334 e. The number of carbonyl (C=O) groups is 2. The van der Waals surface area contributed by atoms with E-state index in [1.807, 2.05) is 24.3 Å². The molecule has 2 rings (SSSR count). The number of carboxylic acid groups (broad SMARTS) is 1. The van der Waals surface area contributed by atoms with Crippen molar-refractivity contribution in [2.75, 3.05) is 19.7 Å². The first-order chi connectivity index (χ1) is 10.1. The maximum atomic E-state index is 12.4. The van der Waals surface area contributed by atoms with Crippen LogP contribution in [-0.2, 0) is 16.0 Å². The third kappa shape index (κ3) is 4.04. The Balaban J connectivity index is 2.00. The molecule has 0 radical (unpaired) electrons. The van der Waals surface area contributed by atoms with Crippen molar-refractivity contribution >= 4 is 11.9 Å². The predicted octanol–water partition coefficient (Wildman–Crippen LogP) is 1.95. The summed E-state index contributed by atoms with van der Waals surface area (Å²) in [6, 6.07) is 7.58. The number of morpholine rings is 1. The van der Waals surface area contributed by atoms with Gasteiger partial charge < -0.3 is 14.7 Å². The molecule has 1 aliphatic rings. The van der Waals surface area contributed by atoms with Crippen molar-refractivity contribution in [3.05, 3.63) is 35.4 Å². The third-order valence-corrected chi connectivity index (χ3v) is 3.65. The van der Waals surface area contributed by atoms with Crippen LogP contribution in [0.2, 0.25) is 0 Å². The van der Waals surface area contributed by atoms with E-state index < -0.39 is 12.1 Å². The highest BCUT2D eigenvalue weighted by Gasteiger charge is 2.29. The van der Waals surface area contributed by atoms with Gasteiger partial charge in [0.2, 0.25) is 0 Å². The fraction of sp³-hybridized carbons (Fsp3) is 0.500. The van der Waals surface area contributed by atoms with Crippen molar-refractivity contribution in [1.29, 1.82) is 0 Å². The molecule has 0 bridgehead atoms. The lowest BCUT2D eigenvalue weighted by molar-refractivity contribution is -0.154. The first-order valence-corrected chi connectivity index (χ1v) is 7.34. The Morgan fingerprint density at radius 1 is 1.33 bits per heavy atom. The number of hydrogen-bond acceptors (Lipinski definition) is 3. The van der Waals surface area contributed by atoms with Gasteiger partial charge in [0.15, 0.2) is 6.10 Å². The molecule has 1 fully saturated rings. The topological polar surface area (TPSA) is 66.8 Å². The van der Waals surface area contributed by atoms with Gasteiger partial charge in [-0.25, -0.2) is 4.79 Å². The van der Waals surface area contributed by atoms with E-state index in [1.165, 1.54) is 5.56 Å². The number of rotatable bonds is 5. The lowest BCUT2D eigenvalue weighted by atomic mass is 10.1. The Morgan fingerprint density at radius 3 is 2.67 bits per heavy atom. The molecule has 0 aliphatic carbocycles. The van der Waals surface area contributed by atoms with Gasteiger partial charge in [-0.15, -0.1) is 0 Å². The molecule has 114 valence electrons. The number of aryl methyl sites for hydroxylation is 1. The van der Waals surface area contributed by atoms with Gasteiger partial charge in [-0.05, 0) is 30.5 Å². The van der Waals surface area contributed by atoms with Gasteiger partial charge in [0.1, 0.15) is 0 Å². The minimum Gasteiger partial charge on any atom is -0.479 e. The molecule has 0 spiro atoms. The summed E-state index contributed by atoms with van der Waals surface area (Å²) in [4.78, 5) is 24.9. The lowest BCUT2D eigenvalue weighted by Crippen LogP contribution is -2.48. The quantitative estimate of drug-likeness (QED) is 0.900. The fourth-order valence-corrected chi connectivity index (χ4v) is 2.36. The number of nitrogens with zero attached hydrogens (tertiary/aromatic N) is 1. The van der Waals surface area contributed by atoms with E-state index >= 15 is 0 Å². The summed E-state index contributed by atoms with van der Waals surface area (Å²) in [5, 5.41) is 8.96. The monoisotopic (exact) mass is 291 g/mol. The molecular formula is C16H21NO4. The first-order valence-electron chi connectivity index (χ1n) is 7.34. The first kappa shape index (κ1) is 15.5. The average molecular weight is 291 g/mol. The van der Waals surface area contributed by atoms with Gasteiger partial charge in [-0.3, -0.25) is 4.79 Å². The summed E-state index contributed by atoms with van der Waals surface area (Å²) in [7, 11) is 0. The molecule has 0 aromatic heterocycles. The van der Waals surface area contributed by atoms with Crippen molar-refractivity contribution < 1.29 is 19.4 Å². The van der Waals surface area contributed by atoms with Crippen LogP contribution in [0.5, 0.6) is 0 Å². The van der Waals surface area contributed by atoms with Gasteiger partial charge in [-0.2, -0.15) is 0 Å². The Kier molecular flexibility index (Phi) is 5.33. The summed E-state index contributed by atoms with van der Waals surface area (Å²) < 4.78 is 5.13. The van der Waals surface area contributed by atoms with Crippen LogP contribution in [-0.4, -0.2) is 47.7 Å². The molecule has 1 unspecified atom stereocenters. The number of carbonyl (C=O) groups excluding carboxylic acids is 1. The van der Waals surface area contributed by atoms with E-state index in [0.717, 1.165) is 19.3 Å². The molecule has 0 saturated carbocycles. The van der Waals surface area contributed by atoms with E-state index in [0.29, 0.717) is 12.1 Å². The Labute approximate surface area is 124 Å². The van der Waals surface area contributed by atoms with Gasteiger partial charge in [0.05, 0.1) is 13.2 Å². The van der Waals surface area contributed by atoms with Crippen LogP contribution in [0.4, 0.5) is 0 Å². The second-order valence-corrected chi connectivity index (χ2v) is 5.25. The van der Waals surface area contributed by atoms with Crippen LogP contribution in [0.15, 0.2) is 24.3 Å². The van der Waals surface area contributed by atoms with Crippen molar-refractivity contribution in [3.8, 4) is 0 Å². The van der Waals surface area contributed by atoms with E-state index in [1.54, 1.807) is 4.90 Å².